The van der Waals surface area contributed by atoms with Gasteiger partial charge in [-0.05, 0) is 19.1 Å². The third kappa shape index (κ3) is 4.34. The van der Waals surface area contributed by atoms with E-state index in [1.807, 2.05) is 67.6 Å². The molecule has 7 heteroatoms. The second-order valence-electron chi connectivity index (χ2n) is 7.23. The third-order valence-electron chi connectivity index (χ3n) is 4.93. The molecule has 1 N–H and O–H groups in total. The summed E-state index contributed by atoms with van der Waals surface area (Å²) in [6.45, 7) is 2.27. The molecule has 29 heavy (non-hydrogen) atoms. The summed E-state index contributed by atoms with van der Waals surface area (Å²) in [7, 11) is 0. The topological polar surface area (TPSA) is 88.3 Å². The second-order valence-corrected chi connectivity index (χ2v) is 7.23. The molecule has 0 spiro atoms. The molecule has 3 aromatic rings. The minimum atomic E-state index is -0.368. The summed E-state index contributed by atoms with van der Waals surface area (Å²) in [4.78, 5) is 31.0. The zero-order chi connectivity index (χ0) is 20.2. The van der Waals surface area contributed by atoms with Crippen LogP contribution in [0.1, 0.15) is 19.2 Å². The van der Waals surface area contributed by atoms with Crippen molar-refractivity contribution in [3.63, 3.8) is 0 Å². The zero-order valence-electron chi connectivity index (χ0n) is 16.1. The molecule has 0 radical (unpaired) electrons. The predicted molar refractivity (Wildman–Crippen MR) is 108 cm³/mol. The van der Waals surface area contributed by atoms with Crippen molar-refractivity contribution >= 4 is 17.5 Å². The van der Waals surface area contributed by atoms with Crippen LogP contribution in [0.15, 0.2) is 65.2 Å². The maximum atomic E-state index is 12.6. The monoisotopic (exact) mass is 390 g/mol. The van der Waals surface area contributed by atoms with Gasteiger partial charge in [-0.3, -0.25) is 9.59 Å². The van der Waals surface area contributed by atoms with E-state index in [0.29, 0.717) is 24.7 Å². The molecular weight excluding hydrogens is 368 g/mol. The Balaban J connectivity index is 1.33. The summed E-state index contributed by atoms with van der Waals surface area (Å²) in [5, 5.41) is 6.97. The van der Waals surface area contributed by atoms with E-state index in [1.165, 1.54) is 0 Å². The van der Waals surface area contributed by atoms with Crippen molar-refractivity contribution < 1.29 is 14.1 Å². The van der Waals surface area contributed by atoms with Crippen molar-refractivity contribution in [1.29, 1.82) is 0 Å². The third-order valence-corrected chi connectivity index (χ3v) is 4.93. The summed E-state index contributed by atoms with van der Waals surface area (Å²) in [6.07, 6.45) is 0.640. The van der Waals surface area contributed by atoms with E-state index in [4.69, 9.17) is 4.52 Å². The van der Waals surface area contributed by atoms with Gasteiger partial charge in [-0.1, -0.05) is 53.7 Å². The number of carbonyl (C=O) groups is 2. The van der Waals surface area contributed by atoms with E-state index < -0.39 is 0 Å². The first-order chi connectivity index (χ1) is 14.1. The molecule has 2 atom stereocenters. The van der Waals surface area contributed by atoms with Crippen LogP contribution in [0.2, 0.25) is 0 Å². The highest BCUT2D eigenvalue weighted by molar-refractivity contribution is 6.00. The predicted octanol–water partition coefficient (Wildman–Crippen LogP) is 2.84. The van der Waals surface area contributed by atoms with Gasteiger partial charge in [-0.2, -0.15) is 4.98 Å². The summed E-state index contributed by atoms with van der Waals surface area (Å²) >= 11 is 0. The SMILES string of the molecule is C[C@H](Cc1nc(-c2ccccc2)no1)NC(=O)[C@H]1CC(=O)N(c2ccccc2)C1. The van der Waals surface area contributed by atoms with Gasteiger partial charge in [0.25, 0.3) is 0 Å². The molecule has 1 aliphatic heterocycles. The summed E-state index contributed by atoms with van der Waals surface area (Å²) in [5.41, 5.74) is 1.70. The maximum absolute atomic E-state index is 12.6. The summed E-state index contributed by atoms with van der Waals surface area (Å²) in [5.74, 6) is 0.456. The molecule has 2 amide bonds. The lowest BCUT2D eigenvalue weighted by molar-refractivity contribution is -0.126. The highest BCUT2D eigenvalue weighted by Crippen LogP contribution is 2.25. The fourth-order valence-corrected chi connectivity index (χ4v) is 3.46. The van der Waals surface area contributed by atoms with E-state index >= 15 is 0 Å². The lowest BCUT2D eigenvalue weighted by atomic mass is 10.1. The van der Waals surface area contributed by atoms with Gasteiger partial charge in [0.1, 0.15) is 0 Å². The Morgan fingerprint density at radius 3 is 2.59 bits per heavy atom. The van der Waals surface area contributed by atoms with E-state index in [9.17, 15) is 9.59 Å². The quantitative estimate of drug-likeness (QED) is 0.699. The number of aromatic nitrogens is 2. The highest BCUT2D eigenvalue weighted by atomic mass is 16.5. The zero-order valence-corrected chi connectivity index (χ0v) is 16.1. The molecule has 0 saturated carbocycles. The van der Waals surface area contributed by atoms with E-state index in [2.05, 4.69) is 15.5 Å². The summed E-state index contributed by atoms with van der Waals surface area (Å²) < 4.78 is 5.31. The van der Waals surface area contributed by atoms with Crippen molar-refractivity contribution in [3.05, 3.63) is 66.6 Å². The lowest BCUT2D eigenvalue weighted by Gasteiger charge is -2.18. The van der Waals surface area contributed by atoms with Crippen LogP contribution in [0.3, 0.4) is 0 Å². The van der Waals surface area contributed by atoms with Gasteiger partial charge in [0, 0.05) is 36.7 Å². The number of nitrogens with one attached hydrogen (secondary N) is 1. The number of rotatable bonds is 6. The number of hydrogen-bond acceptors (Lipinski definition) is 5. The molecule has 1 fully saturated rings. The molecule has 2 aromatic carbocycles. The van der Waals surface area contributed by atoms with Gasteiger partial charge in [0.2, 0.25) is 23.5 Å². The molecule has 0 bridgehead atoms. The van der Waals surface area contributed by atoms with E-state index in [1.54, 1.807) is 4.90 Å². The largest absolute Gasteiger partial charge is 0.353 e. The van der Waals surface area contributed by atoms with Crippen LogP contribution in [0.5, 0.6) is 0 Å². The van der Waals surface area contributed by atoms with Gasteiger partial charge < -0.3 is 14.7 Å². The van der Waals surface area contributed by atoms with Crippen LogP contribution in [-0.2, 0) is 16.0 Å². The molecule has 4 rings (SSSR count). The normalized spacial score (nSPS) is 17.3. The smallest absolute Gasteiger partial charge is 0.229 e. The number of amides is 2. The number of carbonyl (C=O) groups excluding carboxylic acids is 2. The number of hydrogen-bond donors (Lipinski definition) is 1. The average Bonchev–Trinajstić information content (AvgIpc) is 3.36. The van der Waals surface area contributed by atoms with Crippen LogP contribution >= 0.6 is 0 Å². The maximum Gasteiger partial charge on any atom is 0.229 e. The molecule has 1 aliphatic rings. The van der Waals surface area contributed by atoms with Crippen LogP contribution in [0.4, 0.5) is 5.69 Å². The first kappa shape index (κ1) is 18.9. The van der Waals surface area contributed by atoms with E-state index in [0.717, 1.165) is 11.3 Å². The highest BCUT2D eigenvalue weighted by Gasteiger charge is 2.35. The van der Waals surface area contributed by atoms with Crippen LogP contribution in [0.25, 0.3) is 11.4 Å². The molecule has 7 nitrogen and oxygen atoms in total. The minimum absolute atomic E-state index is 0.0339. The standard InChI is InChI=1S/C22H22N4O3/c1-15(12-19-24-21(25-29-19)16-8-4-2-5-9-16)23-22(28)17-13-20(27)26(14-17)18-10-6-3-7-11-18/h2-11,15,17H,12-14H2,1H3,(H,23,28)/t15-,17+/m1/s1. The number of nitrogens with zero attached hydrogens (tertiary/aromatic N) is 3. The number of anilines is 1. The fourth-order valence-electron chi connectivity index (χ4n) is 3.46. The first-order valence-electron chi connectivity index (χ1n) is 9.64. The number of benzene rings is 2. The Morgan fingerprint density at radius 1 is 1.17 bits per heavy atom. The molecule has 0 unspecified atom stereocenters. The van der Waals surface area contributed by atoms with Crippen molar-refractivity contribution in [2.75, 3.05) is 11.4 Å². The van der Waals surface area contributed by atoms with Crippen LogP contribution in [-0.4, -0.2) is 34.5 Å². The minimum Gasteiger partial charge on any atom is -0.353 e. The van der Waals surface area contributed by atoms with E-state index in [-0.39, 0.29) is 30.2 Å². The van der Waals surface area contributed by atoms with Crippen molar-refractivity contribution in [2.45, 2.75) is 25.8 Å². The van der Waals surface area contributed by atoms with Crippen molar-refractivity contribution in [3.8, 4) is 11.4 Å². The second kappa shape index (κ2) is 8.26. The van der Waals surface area contributed by atoms with Gasteiger partial charge in [0.15, 0.2) is 0 Å². The average molecular weight is 390 g/mol. The van der Waals surface area contributed by atoms with Crippen LogP contribution in [0, 0.1) is 5.92 Å². The number of para-hydroxylation sites is 1. The molecule has 1 saturated heterocycles. The van der Waals surface area contributed by atoms with Crippen LogP contribution < -0.4 is 10.2 Å². The lowest BCUT2D eigenvalue weighted by Crippen LogP contribution is -2.39. The summed E-state index contributed by atoms with van der Waals surface area (Å²) in [6, 6.07) is 18.8. The molecule has 0 aliphatic carbocycles. The van der Waals surface area contributed by atoms with Crippen molar-refractivity contribution in [1.82, 2.24) is 15.5 Å². The Morgan fingerprint density at radius 2 is 1.86 bits per heavy atom. The molecule has 2 heterocycles. The Hall–Kier alpha value is -3.48. The van der Waals surface area contributed by atoms with Gasteiger partial charge >= 0.3 is 0 Å². The van der Waals surface area contributed by atoms with Gasteiger partial charge in [-0.15, -0.1) is 0 Å². The first-order valence-corrected chi connectivity index (χ1v) is 9.64. The Bertz CT molecular complexity index is 988. The Labute approximate surface area is 168 Å². The molecule has 1 aromatic heterocycles. The molecule has 148 valence electrons. The fraction of sp³-hybridized carbons (Fsp3) is 0.273. The Kier molecular flexibility index (Phi) is 5.37. The molecular formula is C22H22N4O3. The van der Waals surface area contributed by atoms with Gasteiger partial charge in [-0.25, -0.2) is 0 Å². The van der Waals surface area contributed by atoms with Crippen molar-refractivity contribution in [2.24, 2.45) is 5.92 Å². The van der Waals surface area contributed by atoms with Gasteiger partial charge in [0.05, 0.1) is 5.92 Å².